The molecule has 1 aliphatic rings. The Morgan fingerprint density at radius 1 is 1.19 bits per heavy atom. The van der Waals surface area contributed by atoms with Crippen LogP contribution in [0.25, 0.3) is 0 Å². The minimum Gasteiger partial charge on any atom is -0.314 e. The minimum atomic E-state index is 0.431. The van der Waals surface area contributed by atoms with Crippen LogP contribution < -0.4 is 5.32 Å². The molecule has 1 atom stereocenters. The molecule has 1 N–H and O–H groups in total. The molecular weight excluding hydrogens is 194 g/mol. The molecule has 0 amide bonds. The van der Waals surface area contributed by atoms with Crippen molar-refractivity contribution in [3.05, 3.63) is 0 Å². The summed E-state index contributed by atoms with van der Waals surface area (Å²) in [4.78, 5) is 0. The summed E-state index contributed by atoms with van der Waals surface area (Å²) in [7, 11) is 0. The standard InChI is InChI=1S/C15H31N/c1-12(14(2,3)4)11-16-13-7-9-15(5,6)10-8-13/h12-13,16H,7-11H2,1-6H3. The van der Waals surface area contributed by atoms with Crippen LogP contribution in [0, 0.1) is 16.7 Å². The van der Waals surface area contributed by atoms with Crippen molar-refractivity contribution >= 4 is 0 Å². The zero-order valence-corrected chi connectivity index (χ0v) is 12.2. The van der Waals surface area contributed by atoms with E-state index in [0.29, 0.717) is 10.8 Å². The highest BCUT2D eigenvalue weighted by Crippen LogP contribution is 2.35. The fourth-order valence-electron chi connectivity index (χ4n) is 2.25. The molecular formula is C15H31N. The summed E-state index contributed by atoms with van der Waals surface area (Å²) in [6.07, 6.45) is 5.50. The molecule has 0 aliphatic heterocycles. The summed E-state index contributed by atoms with van der Waals surface area (Å²) in [5.41, 5.74) is 1.02. The average Bonchev–Trinajstić information content (AvgIpc) is 2.14. The Morgan fingerprint density at radius 3 is 2.12 bits per heavy atom. The highest BCUT2D eigenvalue weighted by atomic mass is 14.9. The first-order valence-corrected chi connectivity index (χ1v) is 6.94. The van der Waals surface area contributed by atoms with Gasteiger partial charge in [0, 0.05) is 6.04 Å². The van der Waals surface area contributed by atoms with Gasteiger partial charge < -0.3 is 5.32 Å². The van der Waals surface area contributed by atoms with E-state index < -0.39 is 0 Å². The first-order valence-electron chi connectivity index (χ1n) is 6.94. The molecule has 0 aromatic rings. The lowest BCUT2D eigenvalue weighted by Crippen LogP contribution is -2.39. The quantitative estimate of drug-likeness (QED) is 0.758. The molecule has 0 spiro atoms. The maximum atomic E-state index is 3.77. The third kappa shape index (κ3) is 4.45. The average molecular weight is 225 g/mol. The third-order valence-corrected chi connectivity index (χ3v) is 4.53. The van der Waals surface area contributed by atoms with Crippen molar-refractivity contribution in [2.75, 3.05) is 6.54 Å². The van der Waals surface area contributed by atoms with E-state index in [4.69, 9.17) is 0 Å². The number of rotatable bonds is 3. The summed E-state index contributed by atoms with van der Waals surface area (Å²) in [5.74, 6) is 0.752. The van der Waals surface area contributed by atoms with E-state index in [1.807, 2.05) is 0 Å². The molecule has 0 saturated heterocycles. The lowest BCUT2D eigenvalue weighted by atomic mass is 9.75. The van der Waals surface area contributed by atoms with Gasteiger partial charge in [-0.3, -0.25) is 0 Å². The monoisotopic (exact) mass is 225 g/mol. The molecule has 1 rings (SSSR count). The molecule has 1 aliphatic carbocycles. The molecule has 0 aromatic carbocycles. The van der Waals surface area contributed by atoms with Crippen LogP contribution >= 0.6 is 0 Å². The molecule has 0 radical (unpaired) electrons. The molecule has 1 nitrogen and oxygen atoms in total. The molecule has 1 fully saturated rings. The number of nitrogens with one attached hydrogen (secondary N) is 1. The van der Waals surface area contributed by atoms with Crippen LogP contribution in [-0.4, -0.2) is 12.6 Å². The molecule has 16 heavy (non-hydrogen) atoms. The van der Waals surface area contributed by atoms with Gasteiger partial charge in [-0.15, -0.1) is 0 Å². The van der Waals surface area contributed by atoms with Crippen LogP contribution in [0.4, 0.5) is 0 Å². The Balaban J connectivity index is 2.25. The molecule has 0 aromatic heterocycles. The van der Waals surface area contributed by atoms with Gasteiger partial charge in [0.05, 0.1) is 0 Å². The molecule has 96 valence electrons. The van der Waals surface area contributed by atoms with Gasteiger partial charge in [-0.2, -0.15) is 0 Å². The van der Waals surface area contributed by atoms with E-state index in [-0.39, 0.29) is 0 Å². The third-order valence-electron chi connectivity index (χ3n) is 4.53. The summed E-state index contributed by atoms with van der Waals surface area (Å²) in [6.45, 7) is 15.4. The van der Waals surface area contributed by atoms with Crippen LogP contribution in [-0.2, 0) is 0 Å². The predicted octanol–water partition coefficient (Wildman–Crippen LogP) is 4.23. The smallest absolute Gasteiger partial charge is 0.00675 e. The number of hydrogen-bond acceptors (Lipinski definition) is 1. The second-order valence-corrected chi connectivity index (χ2v) is 7.61. The zero-order valence-electron chi connectivity index (χ0n) is 12.2. The van der Waals surface area contributed by atoms with E-state index in [0.717, 1.165) is 12.0 Å². The van der Waals surface area contributed by atoms with E-state index in [1.165, 1.54) is 32.2 Å². The van der Waals surface area contributed by atoms with Gasteiger partial charge in [-0.05, 0) is 49.0 Å². The van der Waals surface area contributed by atoms with Crippen molar-refractivity contribution in [1.82, 2.24) is 5.32 Å². The summed E-state index contributed by atoms with van der Waals surface area (Å²) in [6, 6.07) is 0.776. The van der Waals surface area contributed by atoms with Gasteiger partial charge in [0.25, 0.3) is 0 Å². The molecule has 1 heteroatoms. The highest BCUT2D eigenvalue weighted by molar-refractivity contribution is 4.83. The van der Waals surface area contributed by atoms with Crippen molar-refractivity contribution in [1.29, 1.82) is 0 Å². The van der Waals surface area contributed by atoms with Gasteiger partial charge in [-0.25, -0.2) is 0 Å². The van der Waals surface area contributed by atoms with Crippen molar-refractivity contribution < 1.29 is 0 Å². The summed E-state index contributed by atoms with van der Waals surface area (Å²) in [5, 5.41) is 3.77. The fraction of sp³-hybridized carbons (Fsp3) is 1.00. The van der Waals surface area contributed by atoms with E-state index in [1.54, 1.807) is 0 Å². The SMILES string of the molecule is CC(CNC1CCC(C)(C)CC1)C(C)(C)C. The van der Waals surface area contributed by atoms with Crippen molar-refractivity contribution in [3.63, 3.8) is 0 Å². The van der Waals surface area contributed by atoms with Crippen LogP contribution in [0.3, 0.4) is 0 Å². The lowest BCUT2D eigenvalue weighted by Gasteiger charge is -2.36. The van der Waals surface area contributed by atoms with Crippen molar-refractivity contribution in [2.45, 2.75) is 73.3 Å². The summed E-state index contributed by atoms with van der Waals surface area (Å²) < 4.78 is 0. The summed E-state index contributed by atoms with van der Waals surface area (Å²) >= 11 is 0. The largest absolute Gasteiger partial charge is 0.314 e. The Bertz CT molecular complexity index is 202. The maximum absolute atomic E-state index is 3.77. The van der Waals surface area contributed by atoms with Crippen LogP contribution in [0.1, 0.15) is 67.2 Å². The van der Waals surface area contributed by atoms with Gasteiger partial charge in [0.1, 0.15) is 0 Å². The van der Waals surface area contributed by atoms with Crippen LogP contribution in [0.15, 0.2) is 0 Å². The first-order chi connectivity index (χ1) is 7.21. The van der Waals surface area contributed by atoms with E-state index >= 15 is 0 Å². The van der Waals surface area contributed by atoms with Crippen LogP contribution in [0.5, 0.6) is 0 Å². The molecule has 1 unspecified atom stereocenters. The van der Waals surface area contributed by atoms with Gasteiger partial charge in [-0.1, -0.05) is 41.5 Å². The van der Waals surface area contributed by atoms with Gasteiger partial charge >= 0.3 is 0 Å². The molecule has 0 bridgehead atoms. The fourth-order valence-corrected chi connectivity index (χ4v) is 2.25. The Morgan fingerprint density at radius 2 is 1.69 bits per heavy atom. The zero-order chi connectivity index (χ0) is 12.4. The van der Waals surface area contributed by atoms with Crippen molar-refractivity contribution in [3.8, 4) is 0 Å². The molecule has 0 heterocycles. The van der Waals surface area contributed by atoms with Crippen LogP contribution in [0.2, 0.25) is 0 Å². The Kier molecular flexibility index (Phi) is 4.45. The maximum Gasteiger partial charge on any atom is 0.00675 e. The lowest BCUT2D eigenvalue weighted by molar-refractivity contribution is 0.187. The second kappa shape index (κ2) is 5.08. The van der Waals surface area contributed by atoms with E-state index in [2.05, 4.69) is 46.9 Å². The Labute approximate surface area is 102 Å². The first kappa shape index (κ1) is 14.0. The van der Waals surface area contributed by atoms with Gasteiger partial charge in [0.15, 0.2) is 0 Å². The van der Waals surface area contributed by atoms with E-state index in [9.17, 15) is 0 Å². The Hall–Kier alpha value is -0.0400. The van der Waals surface area contributed by atoms with Crippen molar-refractivity contribution in [2.24, 2.45) is 16.7 Å². The van der Waals surface area contributed by atoms with Gasteiger partial charge in [0.2, 0.25) is 0 Å². The second-order valence-electron chi connectivity index (χ2n) is 7.61. The highest BCUT2D eigenvalue weighted by Gasteiger charge is 2.27. The molecule has 1 saturated carbocycles. The normalized spacial score (nSPS) is 24.4. The minimum absolute atomic E-state index is 0.431. The topological polar surface area (TPSA) is 12.0 Å². The predicted molar refractivity (Wildman–Crippen MR) is 72.7 cm³/mol. The number of hydrogen-bond donors (Lipinski definition) is 1.